The highest BCUT2D eigenvalue weighted by atomic mass is 32.2. The Balaban J connectivity index is 1.48. The maximum atomic E-state index is 13.4. The minimum Gasteiger partial charge on any atom is -0.497 e. The van der Waals surface area contributed by atoms with E-state index < -0.39 is 5.97 Å². The molecule has 5 rings (SSSR count). The molecule has 9 heteroatoms. The fourth-order valence-corrected chi connectivity index (χ4v) is 6.83. The Labute approximate surface area is 283 Å². The molecule has 5 aromatic rings. The van der Waals surface area contributed by atoms with Gasteiger partial charge in [-0.1, -0.05) is 54.2 Å². The number of methoxy groups -OCH3 is 1. The van der Waals surface area contributed by atoms with Gasteiger partial charge in [0.05, 0.1) is 30.7 Å². The molecule has 1 amide bonds. The van der Waals surface area contributed by atoms with Crippen LogP contribution in [0.15, 0.2) is 77.1 Å². The van der Waals surface area contributed by atoms with Crippen molar-refractivity contribution in [2.45, 2.75) is 39.6 Å². The Kier molecular flexibility index (Phi) is 10.4. The molecule has 0 aliphatic carbocycles. The van der Waals surface area contributed by atoms with Crippen LogP contribution in [-0.4, -0.2) is 36.3 Å². The van der Waals surface area contributed by atoms with Gasteiger partial charge >= 0.3 is 5.97 Å². The molecule has 1 N–H and O–H groups in total. The fourth-order valence-electron chi connectivity index (χ4n) is 5.05. The molecule has 0 bridgehead atoms. The van der Waals surface area contributed by atoms with E-state index in [1.165, 1.54) is 28.7 Å². The number of thiophene rings is 1. The predicted octanol–water partition coefficient (Wildman–Crippen LogP) is 9.17. The molecule has 0 aliphatic heterocycles. The summed E-state index contributed by atoms with van der Waals surface area (Å²) < 4.78 is 10.7. The molecule has 0 unspecified atom stereocenters. The Hall–Kier alpha value is -4.91. The van der Waals surface area contributed by atoms with Gasteiger partial charge in [0, 0.05) is 22.1 Å². The largest absolute Gasteiger partial charge is 0.497 e. The first-order valence-corrected chi connectivity index (χ1v) is 17.0. The van der Waals surface area contributed by atoms with Crippen molar-refractivity contribution in [1.82, 2.24) is 4.98 Å². The van der Waals surface area contributed by atoms with Crippen LogP contribution in [0.25, 0.3) is 33.5 Å². The minimum atomic E-state index is -0.497. The summed E-state index contributed by atoms with van der Waals surface area (Å²) >= 11 is 2.46. The maximum Gasteiger partial charge on any atom is 0.341 e. The summed E-state index contributed by atoms with van der Waals surface area (Å²) in [4.78, 5) is 31.4. The number of thioether (sulfide) groups is 1. The number of aryl methyl sites for hydroxylation is 4. The molecule has 0 spiro atoms. The van der Waals surface area contributed by atoms with Gasteiger partial charge in [-0.3, -0.25) is 4.79 Å². The number of anilines is 1. The normalized spacial score (nSPS) is 10.7. The van der Waals surface area contributed by atoms with Gasteiger partial charge in [0.25, 0.3) is 0 Å². The van der Waals surface area contributed by atoms with Crippen LogP contribution in [0.3, 0.4) is 0 Å². The molecule has 47 heavy (non-hydrogen) atoms. The highest BCUT2D eigenvalue weighted by molar-refractivity contribution is 8.00. The SMILES string of the molecule is CCOC(=O)c1c(-c2ccc(C)c(C)c2)csc1NC(=O)CSc1nc(-c2ccc(C)c(C)c2)cc(-c2ccc(OC)cc2)c1C#N. The lowest BCUT2D eigenvalue weighted by molar-refractivity contribution is -0.113. The fraction of sp³-hybridized carbons (Fsp3) is 0.211. The molecule has 0 aliphatic rings. The van der Waals surface area contributed by atoms with E-state index in [1.54, 1.807) is 14.0 Å². The molecule has 0 saturated carbocycles. The second-order valence-electron chi connectivity index (χ2n) is 11.1. The van der Waals surface area contributed by atoms with Gasteiger partial charge in [0.1, 0.15) is 27.4 Å². The lowest BCUT2D eigenvalue weighted by atomic mass is 9.98. The summed E-state index contributed by atoms with van der Waals surface area (Å²) in [5.41, 5.74) is 9.97. The van der Waals surface area contributed by atoms with Crippen LogP contribution < -0.4 is 10.1 Å². The van der Waals surface area contributed by atoms with Crippen LogP contribution in [0.2, 0.25) is 0 Å². The molecular formula is C38H35N3O4S2. The van der Waals surface area contributed by atoms with Gasteiger partial charge in [-0.2, -0.15) is 5.26 Å². The van der Waals surface area contributed by atoms with E-state index in [-0.39, 0.29) is 18.3 Å². The number of carbonyl (C=O) groups excluding carboxylic acids is 2. The molecule has 0 radical (unpaired) electrons. The maximum absolute atomic E-state index is 13.4. The van der Waals surface area contributed by atoms with E-state index in [4.69, 9.17) is 14.5 Å². The molecule has 2 heterocycles. The summed E-state index contributed by atoms with van der Waals surface area (Å²) in [6.45, 7) is 10.1. The van der Waals surface area contributed by atoms with Gasteiger partial charge in [-0.15, -0.1) is 11.3 Å². The average Bonchev–Trinajstić information content (AvgIpc) is 3.49. The third-order valence-electron chi connectivity index (χ3n) is 7.98. The lowest BCUT2D eigenvalue weighted by Crippen LogP contribution is -2.16. The van der Waals surface area contributed by atoms with Crippen molar-refractivity contribution in [1.29, 1.82) is 5.26 Å². The summed E-state index contributed by atoms with van der Waals surface area (Å²) in [6, 6.07) is 23.9. The van der Waals surface area contributed by atoms with E-state index in [0.717, 1.165) is 33.4 Å². The van der Waals surface area contributed by atoms with E-state index in [0.29, 0.717) is 43.7 Å². The number of amides is 1. The summed E-state index contributed by atoms with van der Waals surface area (Å²) in [7, 11) is 1.61. The number of hydrogen-bond acceptors (Lipinski definition) is 8. The van der Waals surface area contributed by atoms with Crippen molar-refractivity contribution < 1.29 is 19.1 Å². The number of ether oxygens (including phenoxy) is 2. The van der Waals surface area contributed by atoms with Crippen molar-refractivity contribution >= 4 is 40.0 Å². The Morgan fingerprint density at radius 1 is 0.872 bits per heavy atom. The minimum absolute atomic E-state index is 0.0285. The summed E-state index contributed by atoms with van der Waals surface area (Å²) in [6.07, 6.45) is 0. The van der Waals surface area contributed by atoms with E-state index in [2.05, 4.69) is 24.4 Å². The number of rotatable bonds is 10. The van der Waals surface area contributed by atoms with Gasteiger partial charge in [0.2, 0.25) is 5.91 Å². The van der Waals surface area contributed by atoms with Gasteiger partial charge < -0.3 is 14.8 Å². The number of aromatic nitrogens is 1. The zero-order valence-electron chi connectivity index (χ0n) is 27.2. The van der Waals surface area contributed by atoms with E-state index in [9.17, 15) is 14.9 Å². The molecule has 3 aromatic carbocycles. The molecule has 2 aromatic heterocycles. The van der Waals surface area contributed by atoms with Crippen molar-refractivity contribution in [2.24, 2.45) is 0 Å². The Morgan fingerprint density at radius 2 is 1.51 bits per heavy atom. The van der Waals surface area contributed by atoms with Gasteiger partial charge in [0.15, 0.2) is 0 Å². The van der Waals surface area contributed by atoms with Crippen molar-refractivity contribution in [2.75, 3.05) is 24.8 Å². The monoisotopic (exact) mass is 661 g/mol. The molecule has 7 nitrogen and oxygen atoms in total. The van der Waals surface area contributed by atoms with Crippen molar-refractivity contribution in [3.8, 4) is 45.3 Å². The summed E-state index contributed by atoms with van der Waals surface area (Å²) in [5, 5.41) is 16.0. The number of carbonyl (C=O) groups is 2. The predicted molar refractivity (Wildman–Crippen MR) is 190 cm³/mol. The number of nitrogens with zero attached hydrogens (tertiary/aromatic N) is 2. The summed E-state index contributed by atoms with van der Waals surface area (Å²) in [5.74, 6) is -0.150. The number of esters is 1. The molecule has 0 fully saturated rings. The van der Waals surface area contributed by atoms with E-state index >= 15 is 0 Å². The van der Waals surface area contributed by atoms with Gasteiger partial charge in [-0.05, 0) is 92.3 Å². The second kappa shape index (κ2) is 14.7. The lowest BCUT2D eigenvalue weighted by Gasteiger charge is -2.14. The smallest absolute Gasteiger partial charge is 0.341 e. The van der Waals surface area contributed by atoms with Crippen LogP contribution in [0.1, 0.15) is 45.1 Å². The molecule has 0 atom stereocenters. The standard InChI is InChI=1S/C38H35N3O4S2/c1-7-45-38(43)35-32(27-10-8-22(2)24(4)16-27)20-46-37(35)41-34(42)21-47-36-31(19-39)30(26-12-14-29(44-6)15-13-26)18-33(40-36)28-11-9-23(3)25(5)17-28/h8-18,20H,7,21H2,1-6H3,(H,41,42). The Morgan fingerprint density at radius 3 is 2.13 bits per heavy atom. The number of nitriles is 1. The quantitative estimate of drug-likeness (QED) is 0.118. The second-order valence-corrected chi connectivity index (χ2v) is 12.9. The van der Waals surface area contributed by atoms with Crippen LogP contribution in [0, 0.1) is 39.0 Å². The highest BCUT2D eigenvalue weighted by Gasteiger charge is 2.24. The first-order valence-electron chi connectivity index (χ1n) is 15.1. The topological polar surface area (TPSA) is 101 Å². The molecule has 0 saturated heterocycles. The van der Waals surface area contributed by atoms with Crippen LogP contribution >= 0.6 is 23.1 Å². The third kappa shape index (κ3) is 7.40. The van der Waals surface area contributed by atoms with Crippen LogP contribution in [0.4, 0.5) is 5.00 Å². The zero-order valence-corrected chi connectivity index (χ0v) is 28.8. The van der Waals surface area contributed by atoms with Crippen molar-refractivity contribution in [3.05, 3.63) is 105 Å². The highest BCUT2D eigenvalue weighted by Crippen LogP contribution is 2.38. The average molecular weight is 662 g/mol. The number of pyridine rings is 1. The number of benzene rings is 3. The van der Waals surface area contributed by atoms with Crippen LogP contribution in [0.5, 0.6) is 5.75 Å². The first-order chi connectivity index (χ1) is 22.6. The molecular weight excluding hydrogens is 627 g/mol. The first kappa shape index (κ1) is 33.5. The number of nitrogens with one attached hydrogen (secondary N) is 1. The Bertz CT molecular complexity index is 2010. The number of hydrogen-bond donors (Lipinski definition) is 1. The third-order valence-corrected chi connectivity index (χ3v) is 9.85. The van der Waals surface area contributed by atoms with Crippen molar-refractivity contribution in [3.63, 3.8) is 0 Å². The molecule has 238 valence electrons. The zero-order chi connectivity index (χ0) is 33.7. The van der Waals surface area contributed by atoms with E-state index in [1.807, 2.05) is 86.8 Å². The van der Waals surface area contributed by atoms with Gasteiger partial charge in [-0.25, -0.2) is 9.78 Å². The van der Waals surface area contributed by atoms with Crippen LogP contribution in [-0.2, 0) is 9.53 Å².